The SMILES string of the molecule is C#CC[C@@](C)(O)c1cc(Br)c(F)cc1OC. The summed E-state index contributed by atoms with van der Waals surface area (Å²) in [5, 5.41) is 10.1. The zero-order valence-electron chi connectivity index (χ0n) is 9.05. The summed E-state index contributed by atoms with van der Waals surface area (Å²) in [5.74, 6) is 2.21. The molecule has 1 atom stereocenters. The van der Waals surface area contributed by atoms with Crippen LogP contribution in [0.4, 0.5) is 4.39 Å². The van der Waals surface area contributed by atoms with Crippen LogP contribution in [0.5, 0.6) is 5.75 Å². The summed E-state index contributed by atoms with van der Waals surface area (Å²) in [7, 11) is 1.41. The van der Waals surface area contributed by atoms with Crippen molar-refractivity contribution in [1.29, 1.82) is 0 Å². The van der Waals surface area contributed by atoms with Crippen molar-refractivity contribution in [2.75, 3.05) is 7.11 Å². The fourth-order valence-electron chi connectivity index (χ4n) is 1.41. The minimum absolute atomic E-state index is 0.126. The van der Waals surface area contributed by atoms with Gasteiger partial charge >= 0.3 is 0 Å². The molecule has 0 unspecified atom stereocenters. The number of terminal acetylenes is 1. The smallest absolute Gasteiger partial charge is 0.141 e. The van der Waals surface area contributed by atoms with Crippen molar-refractivity contribution >= 4 is 15.9 Å². The van der Waals surface area contributed by atoms with E-state index >= 15 is 0 Å². The molecule has 1 N–H and O–H groups in total. The van der Waals surface area contributed by atoms with E-state index in [-0.39, 0.29) is 16.6 Å². The highest BCUT2D eigenvalue weighted by Gasteiger charge is 2.27. The van der Waals surface area contributed by atoms with Gasteiger partial charge in [-0.05, 0) is 28.9 Å². The van der Waals surface area contributed by atoms with Gasteiger partial charge in [-0.1, -0.05) is 0 Å². The maximum atomic E-state index is 13.3. The van der Waals surface area contributed by atoms with E-state index in [1.54, 1.807) is 6.92 Å². The number of rotatable bonds is 3. The Morgan fingerprint density at radius 1 is 1.62 bits per heavy atom. The molecule has 0 radical (unpaired) electrons. The number of benzene rings is 1. The van der Waals surface area contributed by atoms with Crippen molar-refractivity contribution in [3.8, 4) is 18.1 Å². The zero-order chi connectivity index (χ0) is 12.3. The molecule has 16 heavy (non-hydrogen) atoms. The van der Waals surface area contributed by atoms with Crippen LogP contribution in [0.25, 0.3) is 0 Å². The minimum Gasteiger partial charge on any atom is -0.496 e. The molecule has 0 spiro atoms. The van der Waals surface area contributed by atoms with Crippen molar-refractivity contribution in [2.24, 2.45) is 0 Å². The molecule has 1 aromatic rings. The van der Waals surface area contributed by atoms with Crippen LogP contribution in [0.15, 0.2) is 16.6 Å². The third kappa shape index (κ3) is 2.55. The van der Waals surface area contributed by atoms with Gasteiger partial charge in [0.2, 0.25) is 0 Å². The summed E-state index contributed by atoms with van der Waals surface area (Å²) in [6.45, 7) is 1.56. The highest BCUT2D eigenvalue weighted by atomic mass is 79.9. The predicted molar refractivity (Wildman–Crippen MR) is 63.7 cm³/mol. The molecule has 0 amide bonds. The molecule has 0 aromatic heterocycles. The fraction of sp³-hybridized carbons (Fsp3) is 0.333. The number of methoxy groups -OCH3 is 1. The molecule has 0 bridgehead atoms. The number of hydrogen-bond acceptors (Lipinski definition) is 2. The molecular weight excluding hydrogens is 275 g/mol. The molecule has 86 valence electrons. The molecule has 1 rings (SSSR count). The van der Waals surface area contributed by atoms with Crippen molar-refractivity contribution in [1.82, 2.24) is 0 Å². The largest absolute Gasteiger partial charge is 0.496 e. The van der Waals surface area contributed by atoms with Crippen LogP contribution in [0.1, 0.15) is 18.9 Å². The number of ether oxygens (including phenoxy) is 1. The number of halogens is 2. The molecule has 0 aliphatic heterocycles. The first-order chi connectivity index (χ1) is 7.42. The van der Waals surface area contributed by atoms with E-state index in [1.807, 2.05) is 0 Å². The van der Waals surface area contributed by atoms with Gasteiger partial charge in [-0.25, -0.2) is 4.39 Å². The third-order valence-electron chi connectivity index (χ3n) is 2.27. The Morgan fingerprint density at radius 3 is 2.75 bits per heavy atom. The third-order valence-corrected chi connectivity index (χ3v) is 2.88. The first-order valence-electron chi connectivity index (χ1n) is 4.61. The van der Waals surface area contributed by atoms with E-state index in [9.17, 15) is 9.50 Å². The molecule has 0 heterocycles. The molecule has 0 aliphatic carbocycles. The Kier molecular flexibility index (Phi) is 3.95. The summed E-state index contributed by atoms with van der Waals surface area (Å²) in [6.07, 6.45) is 5.30. The topological polar surface area (TPSA) is 29.5 Å². The summed E-state index contributed by atoms with van der Waals surface area (Å²) in [5.41, 5.74) is -0.780. The monoisotopic (exact) mass is 286 g/mol. The average molecular weight is 287 g/mol. The molecule has 0 saturated carbocycles. The Labute approximate surface area is 103 Å². The van der Waals surface area contributed by atoms with Crippen LogP contribution in [0, 0.1) is 18.2 Å². The summed E-state index contributed by atoms with van der Waals surface area (Å²) >= 11 is 3.06. The van der Waals surface area contributed by atoms with Crippen molar-refractivity contribution in [3.05, 3.63) is 28.0 Å². The first kappa shape index (κ1) is 13.0. The number of hydrogen-bond donors (Lipinski definition) is 1. The van der Waals surface area contributed by atoms with E-state index in [2.05, 4.69) is 21.9 Å². The Morgan fingerprint density at radius 2 is 2.25 bits per heavy atom. The van der Waals surface area contributed by atoms with Crippen LogP contribution in [0.3, 0.4) is 0 Å². The highest BCUT2D eigenvalue weighted by molar-refractivity contribution is 9.10. The van der Waals surface area contributed by atoms with E-state index in [1.165, 1.54) is 19.2 Å². The van der Waals surface area contributed by atoms with Crippen molar-refractivity contribution in [2.45, 2.75) is 18.9 Å². The van der Waals surface area contributed by atoms with Crippen LogP contribution in [-0.2, 0) is 5.60 Å². The van der Waals surface area contributed by atoms with Crippen LogP contribution < -0.4 is 4.74 Å². The Balaban J connectivity index is 3.32. The summed E-state index contributed by atoms with van der Waals surface area (Å²) in [4.78, 5) is 0. The Bertz CT molecular complexity index is 435. The maximum absolute atomic E-state index is 13.3. The number of aliphatic hydroxyl groups is 1. The predicted octanol–water partition coefficient (Wildman–Crippen LogP) is 2.83. The lowest BCUT2D eigenvalue weighted by Gasteiger charge is -2.24. The second-order valence-corrected chi connectivity index (χ2v) is 4.48. The standard InChI is InChI=1S/C12H12BrFO2/c1-4-5-12(2,15)8-6-9(13)10(14)7-11(8)16-3/h1,6-7,15H,5H2,2-3H3/t12-/m1/s1. The molecular formula is C12H12BrFO2. The molecule has 0 aliphatic rings. The quantitative estimate of drug-likeness (QED) is 0.866. The molecule has 2 nitrogen and oxygen atoms in total. The van der Waals surface area contributed by atoms with E-state index in [0.717, 1.165) is 0 Å². The lowest BCUT2D eigenvalue weighted by atomic mass is 9.92. The van der Waals surface area contributed by atoms with Crippen LogP contribution in [0.2, 0.25) is 0 Å². The van der Waals surface area contributed by atoms with Crippen molar-refractivity contribution < 1.29 is 14.2 Å². The van der Waals surface area contributed by atoms with Crippen molar-refractivity contribution in [3.63, 3.8) is 0 Å². The van der Waals surface area contributed by atoms with Gasteiger partial charge in [-0.3, -0.25) is 0 Å². The van der Waals surface area contributed by atoms with Gasteiger partial charge in [-0.2, -0.15) is 0 Å². The van der Waals surface area contributed by atoms with Gasteiger partial charge < -0.3 is 9.84 Å². The van der Waals surface area contributed by atoms with E-state index in [4.69, 9.17) is 11.2 Å². The highest BCUT2D eigenvalue weighted by Crippen LogP contribution is 2.35. The van der Waals surface area contributed by atoms with Gasteiger partial charge in [0.15, 0.2) is 0 Å². The minimum atomic E-state index is -1.24. The molecule has 1 aromatic carbocycles. The van der Waals surface area contributed by atoms with Crippen LogP contribution in [-0.4, -0.2) is 12.2 Å². The molecule has 0 saturated heterocycles. The second-order valence-electron chi connectivity index (χ2n) is 3.62. The lowest BCUT2D eigenvalue weighted by molar-refractivity contribution is 0.0600. The van der Waals surface area contributed by atoms with Gasteiger partial charge in [0.1, 0.15) is 17.2 Å². The van der Waals surface area contributed by atoms with Gasteiger partial charge in [0, 0.05) is 18.1 Å². The normalized spacial score (nSPS) is 14.0. The van der Waals surface area contributed by atoms with Gasteiger partial charge in [-0.15, -0.1) is 12.3 Å². The summed E-state index contributed by atoms with van der Waals surface area (Å²) < 4.78 is 18.6. The average Bonchev–Trinajstić information content (AvgIpc) is 2.21. The fourth-order valence-corrected chi connectivity index (χ4v) is 1.76. The lowest BCUT2D eigenvalue weighted by Crippen LogP contribution is -2.21. The van der Waals surface area contributed by atoms with E-state index < -0.39 is 11.4 Å². The first-order valence-corrected chi connectivity index (χ1v) is 5.41. The molecule has 0 fully saturated rings. The van der Waals surface area contributed by atoms with Gasteiger partial charge in [0.25, 0.3) is 0 Å². The van der Waals surface area contributed by atoms with Gasteiger partial charge in [0.05, 0.1) is 11.6 Å². The maximum Gasteiger partial charge on any atom is 0.141 e. The van der Waals surface area contributed by atoms with E-state index in [0.29, 0.717) is 5.56 Å². The molecule has 4 heteroatoms. The zero-order valence-corrected chi connectivity index (χ0v) is 10.6. The summed E-state index contributed by atoms with van der Waals surface area (Å²) in [6, 6.07) is 2.69. The second kappa shape index (κ2) is 4.86. The van der Waals surface area contributed by atoms with Crippen LogP contribution >= 0.6 is 15.9 Å². The Hall–Kier alpha value is -1.05.